The maximum atomic E-state index is 5.23. The summed E-state index contributed by atoms with van der Waals surface area (Å²) in [7, 11) is 1.80. The van der Waals surface area contributed by atoms with Gasteiger partial charge < -0.3 is 4.74 Å². The van der Waals surface area contributed by atoms with Gasteiger partial charge in [0, 0.05) is 13.2 Å². The molecule has 78 valence electrons. The molecular formula is C11H23NO. The van der Waals surface area contributed by atoms with Gasteiger partial charge in [0.05, 0.1) is 6.61 Å². The van der Waals surface area contributed by atoms with Gasteiger partial charge in [0.25, 0.3) is 0 Å². The fourth-order valence-corrected chi connectivity index (χ4v) is 2.07. The van der Waals surface area contributed by atoms with E-state index in [1.807, 2.05) is 0 Å². The first-order valence-corrected chi connectivity index (χ1v) is 5.51. The van der Waals surface area contributed by atoms with Crippen molar-refractivity contribution in [3.8, 4) is 0 Å². The van der Waals surface area contributed by atoms with Gasteiger partial charge in [-0.25, -0.2) is 0 Å². The van der Waals surface area contributed by atoms with Crippen LogP contribution in [0, 0.1) is 5.92 Å². The second kappa shape index (κ2) is 5.61. The summed E-state index contributed by atoms with van der Waals surface area (Å²) in [5.74, 6) is 0.927. The predicted octanol–water partition coefficient (Wildman–Crippen LogP) is 2.14. The molecule has 0 amide bonds. The lowest BCUT2D eigenvalue weighted by Crippen LogP contribution is -2.42. The van der Waals surface area contributed by atoms with Gasteiger partial charge in [0.15, 0.2) is 0 Å². The van der Waals surface area contributed by atoms with Gasteiger partial charge in [-0.3, -0.25) is 4.90 Å². The maximum absolute atomic E-state index is 5.23. The van der Waals surface area contributed by atoms with Crippen molar-refractivity contribution in [3.63, 3.8) is 0 Å². The zero-order valence-electron chi connectivity index (χ0n) is 9.25. The topological polar surface area (TPSA) is 12.5 Å². The van der Waals surface area contributed by atoms with Crippen LogP contribution in [-0.2, 0) is 4.74 Å². The fraction of sp³-hybridized carbons (Fsp3) is 1.00. The van der Waals surface area contributed by atoms with Gasteiger partial charge >= 0.3 is 0 Å². The van der Waals surface area contributed by atoms with Crippen LogP contribution < -0.4 is 0 Å². The van der Waals surface area contributed by atoms with Crippen LogP contribution in [0.15, 0.2) is 0 Å². The third kappa shape index (κ3) is 3.28. The molecule has 1 heterocycles. The lowest BCUT2D eigenvalue weighted by molar-refractivity contribution is 0.0649. The van der Waals surface area contributed by atoms with Crippen LogP contribution in [0.4, 0.5) is 0 Å². The van der Waals surface area contributed by atoms with E-state index in [0.717, 1.165) is 12.5 Å². The fourth-order valence-electron chi connectivity index (χ4n) is 2.07. The van der Waals surface area contributed by atoms with E-state index in [4.69, 9.17) is 4.74 Å². The predicted molar refractivity (Wildman–Crippen MR) is 55.9 cm³/mol. The number of hydrogen-bond acceptors (Lipinski definition) is 2. The molecule has 0 unspecified atom stereocenters. The Kier molecular flexibility index (Phi) is 4.74. The third-order valence-electron chi connectivity index (χ3n) is 3.16. The number of likely N-dealkylation sites (tertiary alicyclic amines) is 1. The van der Waals surface area contributed by atoms with Crippen LogP contribution >= 0.6 is 0 Å². The number of hydrogen-bond donors (Lipinski definition) is 0. The zero-order valence-corrected chi connectivity index (χ0v) is 9.25. The van der Waals surface area contributed by atoms with E-state index in [0.29, 0.717) is 6.04 Å². The van der Waals surface area contributed by atoms with Gasteiger partial charge in [0.1, 0.15) is 0 Å². The van der Waals surface area contributed by atoms with Gasteiger partial charge in [-0.2, -0.15) is 0 Å². The minimum Gasteiger partial charge on any atom is -0.383 e. The van der Waals surface area contributed by atoms with Crippen molar-refractivity contribution in [1.29, 1.82) is 0 Å². The molecule has 1 aliphatic heterocycles. The molecule has 0 aliphatic carbocycles. The smallest absolute Gasteiger partial charge is 0.0617 e. The molecule has 0 aromatic carbocycles. The van der Waals surface area contributed by atoms with Crippen LogP contribution in [0.1, 0.15) is 33.1 Å². The number of rotatable bonds is 4. The molecule has 2 nitrogen and oxygen atoms in total. The molecule has 0 spiro atoms. The summed E-state index contributed by atoms with van der Waals surface area (Å²) in [5, 5.41) is 0. The molecule has 0 bridgehead atoms. The number of nitrogens with zero attached hydrogens (tertiary/aromatic N) is 1. The zero-order chi connectivity index (χ0) is 9.68. The quantitative estimate of drug-likeness (QED) is 0.665. The molecule has 0 radical (unpaired) electrons. The van der Waals surface area contributed by atoms with E-state index in [-0.39, 0.29) is 0 Å². The number of methoxy groups -OCH3 is 1. The Labute approximate surface area is 82.3 Å². The summed E-state index contributed by atoms with van der Waals surface area (Å²) in [4.78, 5) is 2.59. The van der Waals surface area contributed by atoms with Crippen molar-refractivity contribution in [2.75, 3.05) is 26.8 Å². The highest BCUT2D eigenvalue weighted by molar-refractivity contribution is 4.75. The monoisotopic (exact) mass is 185 g/mol. The number of ether oxygens (including phenoxy) is 1. The van der Waals surface area contributed by atoms with Crippen molar-refractivity contribution in [3.05, 3.63) is 0 Å². The van der Waals surface area contributed by atoms with Crippen molar-refractivity contribution >= 4 is 0 Å². The molecule has 2 heteroatoms. The molecule has 1 rings (SSSR count). The summed E-state index contributed by atoms with van der Waals surface area (Å²) < 4.78 is 5.23. The van der Waals surface area contributed by atoms with Gasteiger partial charge in [-0.1, -0.05) is 13.8 Å². The van der Waals surface area contributed by atoms with Crippen molar-refractivity contribution in [2.45, 2.75) is 39.2 Å². The van der Waals surface area contributed by atoms with E-state index < -0.39 is 0 Å². The van der Waals surface area contributed by atoms with Crippen LogP contribution in [0.2, 0.25) is 0 Å². The SMILES string of the molecule is CC[C@H](COC)N1CCC(C)CC1. The van der Waals surface area contributed by atoms with Crippen molar-refractivity contribution < 1.29 is 4.74 Å². The maximum Gasteiger partial charge on any atom is 0.0617 e. The van der Waals surface area contributed by atoms with Crippen LogP contribution in [0.3, 0.4) is 0 Å². The van der Waals surface area contributed by atoms with Crippen LogP contribution in [0.25, 0.3) is 0 Å². The average molecular weight is 185 g/mol. The Morgan fingerprint density at radius 2 is 2.00 bits per heavy atom. The second-order valence-corrected chi connectivity index (χ2v) is 4.24. The Hall–Kier alpha value is -0.0800. The minimum absolute atomic E-state index is 0.650. The molecule has 0 aromatic heterocycles. The summed E-state index contributed by atoms with van der Waals surface area (Å²) in [6.07, 6.45) is 3.93. The third-order valence-corrected chi connectivity index (χ3v) is 3.16. The second-order valence-electron chi connectivity index (χ2n) is 4.24. The highest BCUT2D eigenvalue weighted by atomic mass is 16.5. The van der Waals surface area contributed by atoms with Crippen molar-refractivity contribution in [2.24, 2.45) is 5.92 Å². The average Bonchev–Trinajstić information content (AvgIpc) is 2.16. The Morgan fingerprint density at radius 3 is 2.46 bits per heavy atom. The first-order valence-electron chi connectivity index (χ1n) is 5.51. The highest BCUT2D eigenvalue weighted by Gasteiger charge is 2.21. The Morgan fingerprint density at radius 1 is 1.38 bits per heavy atom. The van der Waals surface area contributed by atoms with E-state index in [9.17, 15) is 0 Å². The summed E-state index contributed by atoms with van der Waals surface area (Å²) in [6, 6.07) is 0.650. The molecule has 1 saturated heterocycles. The van der Waals surface area contributed by atoms with E-state index in [2.05, 4.69) is 18.7 Å². The van der Waals surface area contributed by atoms with E-state index in [1.54, 1.807) is 7.11 Å². The molecular weight excluding hydrogens is 162 g/mol. The molecule has 0 N–H and O–H groups in total. The first-order chi connectivity index (χ1) is 6.27. The Bertz CT molecular complexity index is 130. The van der Waals surface area contributed by atoms with E-state index >= 15 is 0 Å². The molecule has 0 aromatic rings. The van der Waals surface area contributed by atoms with E-state index in [1.165, 1.54) is 32.4 Å². The van der Waals surface area contributed by atoms with Gasteiger partial charge in [-0.15, -0.1) is 0 Å². The first kappa shape index (κ1) is 11.0. The minimum atomic E-state index is 0.650. The normalized spacial score (nSPS) is 23.3. The van der Waals surface area contributed by atoms with Crippen molar-refractivity contribution in [1.82, 2.24) is 4.90 Å². The summed E-state index contributed by atoms with van der Waals surface area (Å²) in [5.41, 5.74) is 0. The molecule has 0 saturated carbocycles. The lowest BCUT2D eigenvalue weighted by atomic mass is 9.97. The largest absolute Gasteiger partial charge is 0.383 e. The molecule has 1 atom stereocenters. The standard InChI is InChI=1S/C11H23NO/c1-4-11(9-13-3)12-7-5-10(2)6-8-12/h10-11H,4-9H2,1-3H3/t11-/m1/s1. The summed E-state index contributed by atoms with van der Waals surface area (Å²) >= 11 is 0. The molecule has 1 aliphatic rings. The lowest BCUT2D eigenvalue weighted by Gasteiger charge is -2.35. The molecule has 1 fully saturated rings. The number of piperidine rings is 1. The van der Waals surface area contributed by atoms with Crippen LogP contribution in [-0.4, -0.2) is 37.7 Å². The highest BCUT2D eigenvalue weighted by Crippen LogP contribution is 2.19. The van der Waals surface area contributed by atoms with Crippen LogP contribution in [0.5, 0.6) is 0 Å². The molecule has 13 heavy (non-hydrogen) atoms. The van der Waals surface area contributed by atoms with Gasteiger partial charge in [0.2, 0.25) is 0 Å². The Balaban J connectivity index is 2.32. The summed E-state index contributed by atoms with van der Waals surface area (Å²) in [6.45, 7) is 8.04. The van der Waals surface area contributed by atoms with Gasteiger partial charge in [-0.05, 0) is 38.3 Å².